The van der Waals surface area contributed by atoms with E-state index in [1.165, 1.54) is 0 Å². The second-order valence-electron chi connectivity index (χ2n) is 3.81. The molecule has 0 unspecified atom stereocenters. The van der Waals surface area contributed by atoms with Gasteiger partial charge in [-0.1, -0.05) is 24.3 Å². The number of ether oxygens (including phenoxy) is 1. The molecule has 3 nitrogen and oxygen atoms in total. The van der Waals surface area contributed by atoms with Crippen molar-refractivity contribution < 1.29 is 4.74 Å². The van der Waals surface area contributed by atoms with E-state index in [2.05, 4.69) is 11.1 Å². The van der Waals surface area contributed by atoms with Crippen LogP contribution in [0.5, 0.6) is 5.75 Å². The Labute approximate surface area is 101 Å². The normalized spacial score (nSPS) is 10.9. The third kappa shape index (κ3) is 3.48. The van der Waals surface area contributed by atoms with E-state index in [0.717, 1.165) is 17.9 Å². The molecule has 1 heterocycles. The molecule has 0 spiro atoms. The maximum absolute atomic E-state index is 5.64. The second-order valence-corrected chi connectivity index (χ2v) is 3.81. The Hall–Kier alpha value is -2.03. The first kappa shape index (κ1) is 11.5. The van der Waals surface area contributed by atoms with Gasteiger partial charge in [-0.25, -0.2) is 4.98 Å². The van der Waals surface area contributed by atoms with Crippen molar-refractivity contribution in [2.24, 2.45) is 0 Å². The molecular formula is C14H16N2O. The number of hydrogen-bond acceptors (Lipinski definition) is 2. The highest BCUT2D eigenvalue weighted by Crippen LogP contribution is 2.15. The van der Waals surface area contributed by atoms with Gasteiger partial charge in [0.05, 0.1) is 6.33 Å². The predicted molar refractivity (Wildman–Crippen MR) is 68.0 cm³/mol. The van der Waals surface area contributed by atoms with Crippen LogP contribution in [0.2, 0.25) is 0 Å². The fourth-order valence-corrected chi connectivity index (χ4v) is 1.52. The average molecular weight is 228 g/mol. The third-order valence-corrected chi connectivity index (χ3v) is 2.47. The number of aromatic nitrogens is 2. The van der Waals surface area contributed by atoms with Gasteiger partial charge in [-0.3, -0.25) is 0 Å². The van der Waals surface area contributed by atoms with E-state index in [4.69, 9.17) is 4.74 Å². The fraction of sp³-hybridized carbons (Fsp3) is 0.214. The van der Waals surface area contributed by atoms with Gasteiger partial charge < -0.3 is 9.30 Å². The van der Waals surface area contributed by atoms with Crippen molar-refractivity contribution in [3.63, 3.8) is 0 Å². The molecule has 0 aliphatic rings. The van der Waals surface area contributed by atoms with Gasteiger partial charge in [-0.05, 0) is 24.6 Å². The molecule has 2 rings (SSSR count). The number of nitrogens with zero attached hydrogens (tertiary/aromatic N) is 2. The van der Waals surface area contributed by atoms with Crippen LogP contribution in [0.4, 0.5) is 0 Å². The van der Waals surface area contributed by atoms with Gasteiger partial charge >= 0.3 is 0 Å². The monoisotopic (exact) mass is 228 g/mol. The number of benzene rings is 1. The van der Waals surface area contributed by atoms with Crippen molar-refractivity contribution in [3.05, 3.63) is 60.7 Å². The fourth-order valence-electron chi connectivity index (χ4n) is 1.52. The summed E-state index contributed by atoms with van der Waals surface area (Å²) in [5, 5.41) is 0. The first-order chi connectivity index (χ1) is 8.36. The van der Waals surface area contributed by atoms with Gasteiger partial charge in [0, 0.05) is 18.9 Å². The molecule has 1 aromatic heterocycles. The van der Waals surface area contributed by atoms with Crippen LogP contribution in [0.1, 0.15) is 5.56 Å². The van der Waals surface area contributed by atoms with Gasteiger partial charge in [0.1, 0.15) is 12.4 Å². The highest BCUT2D eigenvalue weighted by atomic mass is 16.5. The molecule has 17 heavy (non-hydrogen) atoms. The highest BCUT2D eigenvalue weighted by molar-refractivity contribution is 5.31. The predicted octanol–water partition coefficient (Wildman–Crippen LogP) is 2.83. The summed E-state index contributed by atoms with van der Waals surface area (Å²) in [6.07, 6.45) is 9.60. The van der Waals surface area contributed by atoms with E-state index in [1.807, 2.05) is 48.0 Å². The molecule has 88 valence electrons. The molecular weight excluding hydrogens is 212 g/mol. The Kier molecular flexibility index (Phi) is 3.97. The molecule has 0 N–H and O–H groups in total. The lowest BCUT2D eigenvalue weighted by Crippen LogP contribution is -1.96. The lowest BCUT2D eigenvalue weighted by Gasteiger charge is -2.05. The standard InChI is InChI=1S/C14H16N2O/c1-13-6-2-3-7-14(13)17-11-5-4-9-16-10-8-15-12-16/h2-8,10,12H,9,11H2,1H3/b5-4+. The van der Waals surface area contributed by atoms with Crippen molar-refractivity contribution in [2.45, 2.75) is 13.5 Å². The van der Waals surface area contributed by atoms with Crippen molar-refractivity contribution in [1.82, 2.24) is 9.55 Å². The molecule has 3 heteroatoms. The summed E-state index contributed by atoms with van der Waals surface area (Å²) in [6.45, 7) is 3.47. The Morgan fingerprint density at radius 2 is 2.18 bits per heavy atom. The molecule has 1 aromatic carbocycles. The van der Waals surface area contributed by atoms with Crippen LogP contribution >= 0.6 is 0 Å². The summed E-state index contributed by atoms with van der Waals surface area (Å²) in [5.41, 5.74) is 1.16. The average Bonchev–Trinajstić information content (AvgIpc) is 2.84. The van der Waals surface area contributed by atoms with Crippen LogP contribution in [-0.2, 0) is 6.54 Å². The number of hydrogen-bond donors (Lipinski definition) is 0. The number of para-hydroxylation sites is 1. The van der Waals surface area contributed by atoms with E-state index >= 15 is 0 Å². The van der Waals surface area contributed by atoms with Crippen molar-refractivity contribution >= 4 is 0 Å². The van der Waals surface area contributed by atoms with Gasteiger partial charge in [0.15, 0.2) is 0 Å². The lowest BCUT2D eigenvalue weighted by molar-refractivity contribution is 0.360. The summed E-state index contributed by atoms with van der Waals surface area (Å²) in [7, 11) is 0. The summed E-state index contributed by atoms with van der Waals surface area (Å²) in [4.78, 5) is 3.98. The smallest absolute Gasteiger partial charge is 0.122 e. The molecule has 0 saturated carbocycles. The molecule has 0 fully saturated rings. The Morgan fingerprint density at radius 3 is 2.94 bits per heavy atom. The number of imidazole rings is 1. The zero-order valence-corrected chi connectivity index (χ0v) is 9.91. The number of rotatable bonds is 5. The van der Waals surface area contributed by atoms with Crippen molar-refractivity contribution in [1.29, 1.82) is 0 Å². The summed E-state index contributed by atoms with van der Waals surface area (Å²) < 4.78 is 7.65. The van der Waals surface area contributed by atoms with Crippen molar-refractivity contribution in [3.8, 4) is 5.75 Å². The molecule has 0 atom stereocenters. The molecule has 0 saturated heterocycles. The molecule has 0 aliphatic heterocycles. The molecule has 2 aromatic rings. The molecule has 0 bridgehead atoms. The third-order valence-electron chi connectivity index (χ3n) is 2.47. The summed E-state index contributed by atoms with van der Waals surface area (Å²) in [5.74, 6) is 0.944. The maximum Gasteiger partial charge on any atom is 0.122 e. The number of aryl methyl sites for hydroxylation is 1. The van der Waals surface area contributed by atoms with E-state index < -0.39 is 0 Å². The lowest BCUT2D eigenvalue weighted by atomic mass is 10.2. The first-order valence-corrected chi connectivity index (χ1v) is 5.65. The molecule has 0 radical (unpaired) electrons. The molecule has 0 aliphatic carbocycles. The summed E-state index contributed by atoms with van der Waals surface area (Å²) >= 11 is 0. The van der Waals surface area contributed by atoms with Gasteiger partial charge in [-0.15, -0.1) is 0 Å². The second kappa shape index (κ2) is 5.89. The van der Waals surface area contributed by atoms with E-state index in [-0.39, 0.29) is 0 Å². The SMILES string of the molecule is Cc1ccccc1OC/C=C/Cn1ccnc1. The van der Waals surface area contributed by atoms with Crippen LogP contribution in [0, 0.1) is 6.92 Å². The van der Waals surface area contributed by atoms with Crippen LogP contribution in [0.15, 0.2) is 55.1 Å². The minimum Gasteiger partial charge on any atom is -0.489 e. The number of allylic oxidation sites excluding steroid dienone is 1. The largest absolute Gasteiger partial charge is 0.489 e. The zero-order chi connectivity index (χ0) is 11.9. The van der Waals surface area contributed by atoms with Gasteiger partial charge in [-0.2, -0.15) is 0 Å². The topological polar surface area (TPSA) is 27.1 Å². The van der Waals surface area contributed by atoms with E-state index in [0.29, 0.717) is 6.61 Å². The van der Waals surface area contributed by atoms with Crippen molar-refractivity contribution in [2.75, 3.05) is 6.61 Å². The van der Waals surface area contributed by atoms with Crippen LogP contribution < -0.4 is 4.74 Å². The van der Waals surface area contributed by atoms with Crippen LogP contribution in [0.3, 0.4) is 0 Å². The maximum atomic E-state index is 5.64. The van der Waals surface area contributed by atoms with Gasteiger partial charge in [0.2, 0.25) is 0 Å². The summed E-state index contributed by atoms with van der Waals surface area (Å²) in [6, 6.07) is 8.03. The Morgan fingerprint density at radius 1 is 1.29 bits per heavy atom. The van der Waals surface area contributed by atoms with Gasteiger partial charge in [0.25, 0.3) is 0 Å². The van der Waals surface area contributed by atoms with Crippen LogP contribution in [0.25, 0.3) is 0 Å². The Balaban J connectivity index is 1.76. The highest BCUT2D eigenvalue weighted by Gasteiger charge is 1.94. The van der Waals surface area contributed by atoms with Crippen LogP contribution in [-0.4, -0.2) is 16.2 Å². The van der Waals surface area contributed by atoms with E-state index in [9.17, 15) is 0 Å². The minimum atomic E-state index is 0.597. The minimum absolute atomic E-state index is 0.597. The Bertz CT molecular complexity index is 475. The zero-order valence-electron chi connectivity index (χ0n) is 9.91. The molecule has 0 amide bonds. The van der Waals surface area contributed by atoms with E-state index in [1.54, 1.807) is 12.5 Å². The quantitative estimate of drug-likeness (QED) is 0.736. The first-order valence-electron chi connectivity index (χ1n) is 5.65.